The Hall–Kier alpha value is -1.42. The highest BCUT2D eigenvalue weighted by Gasteiger charge is 2.42. The number of benzene rings is 1. The summed E-state index contributed by atoms with van der Waals surface area (Å²) in [6.45, 7) is 3.71. The summed E-state index contributed by atoms with van der Waals surface area (Å²) in [4.78, 5) is 0. The van der Waals surface area contributed by atoms with Crippen LogP contribution in [0.15, 0.2) is 22.4 Å². The standard InChI is InChI=1S/C14H14N2O2S2/c1-9-11-7-10(8-15)3-4-12(11)19-13(9)20(17,18)16-14(2)5-6-14/h3-4,7,16H,5-6H2,1-2H3. The van der Waals surface area contributed by atoms with Gasteiger partial charge >= 0.3 is 0 Å². The summed E-state index contributed by atoms with van der Waals surface area (Å²) in [6, 6.07) is 7.35. The van der Waals surface area contributed by atoms with Crippen molar-refractivity contribution in [2.75, 3.05) is 0 Å². The molecular weight excluding hydrogens is 292 g/mol. The van der Waals surface area contributed by atoms with E-state index in [1.54, 1.807) is 19.1 Å². The second-order valence-electron chi connectivity index (χ2n) is 5.50. The lowest BCUT2D eigenvalue weighted by Gasteiger charge is -2.11. The minimum Gasteiger partial charge on any atom is -0.206 e. The predicted molar refractivity (Wildman–Crippen MR) is 79.2 cm³/mol. The fraction of sp³-hybridized carbons (Fsp3) is 0.357. The zero-order valence-electron chi connectivity index (χ0n) is 11.2. The van der Waals surface area contributed by atoms with Crippen molar-refractivity contribution >= 4 is 31.4 Å². The van der Waals surface area contributed by atoms with Gasteiger partial charge in [-0.2, -0.15) is 5.26 Å². The van der Waals surface area contributed by atoms with Gasteiger partial charge in [0, 0.05) is 10.2 Å². The molecule has 1 aliphatic carbocycles. The number of fused-ring (bicyclic) bond motifs is 1. The molecule has 20 heavy (non-hydrogen) atoms. The van der Waals surface area contributed by atoms with Crippen molar-refractivity contribution in [3.63, 3.8) is 0 Å². The van der Waals surface area contributed by atoms with Crippen LogP contribution in [0, 0.1) is 18.3 Å². The van der Waals surface area contributed by atoms with Gasteiger partial charge in [0.05, 0.1) is 11.6 Å². The van der Waals surface area contributed by atoms with Crippen LogP contribution in [0.4, 0.5) is 0 Å². The van der Waals surface area contributed by atoms with E-state index in [2.05, 4.69) is 10.8 Å². The van der Waals surface area contributed by atoms with Crippen LogP contribution in [-0.4, -0.2) is 14.0 Å². The van der Waals surface area contributed by atoms with Gasteiger partial charge in [-0.1, -0.05) is 0 Å². The lowest BCUT2D eigenvalue weighted by molar-refractivity contribution is 0.559. The number of thiophene rings is 1. The normalized spacial score (nSPS) is 17.1. The molecule has 1 saturated carbocycles. The Morgan fingerprint density at radius 3 is 2.70 bits per heavy atom. The van der Waals surface area contributed by atoms with Crippen LogP contribution in [-0.2, 0) is 10.0 Å². The number of nitrogens with zero attached hydrogens (tertiary/aromatic N) is 1. The molecule has 0 amide bonds. The maximum atomic E-state index is 12.5. The molecule has 1 heterocycles. The average Bonchev–Trinajstić information content (AvgIpc) is 3.00. The minimum absolute atomic E-state index is 0.279. The number of hydrogen-bond donors (Lipinski definition) is 1. The van der Waals surface area contributed by atoms with E-state index in [-0.39, 0.29) is 5.54 Å². The van der Waals surface area contributed by atoms with Gasteiger partial charge in [0.2, 0.25) is 0 Å². The van der Waals surface area contributed by atoms with Gasteiger partial charge in [-0.25, -0.2) is 13.1 Å². The smallest absolute Gasteiger partial charge is 0.206 e. The minimum atomic E-state index is -3.48. The summed E-state index contributed by atoms with van der Waals surface area (Å²) in [7, 11) is -3.48. The lowest BCUT2D eigenvalue weighted by atomic mass is 10.1. The van der Waals surface area contributed by atoms with E-state index in [1.807, 2.05) is 13.0 Å². The molecule has 104 valence electrons. The second kappa shape index (κ2) is 4.29. The predicted octanol–water partition coefficient (Wildman–Crippen LogP) is 2.91. The highest BCUT2D eigenvalue weighted by molar-refractivity contribution is 7.91. The topological polar surface area (TPSA) is 70.0 Å². The molecule has 0 bridgehead atoms. The van der Waals surface area contributed by atoms with Crippen LogP contribution >= 0.6 is 11.3 Å². The molecular formula is C14H14N2O2S2. The number of nitrogens with one attached hydrogen (secondary N) is 1. The monoisotopic (exact) mass is 306 g/mol. The summed E-state index contributed by atoms with van der Waals surface area (Å²) in [5, 5.41) is 9.78. The first-order valence-corrected chi connectivity index (χ1v) is 8.62. The van der Waals surface area contributed by atoms with Crippen LogP contribution in [0.25, 0.3) is 10.1 Å². The first kappa shape index (κ1) is 13.6. The number of nitriles is 1. The Labute approximate surface area is 122 Å². The third-order valence-corrected chi connectivity index (χ3v) is 7.18. The molecule has 4 nitrogen and oxygen atoms in total. The van der Waals surface area contributed by atoms with Gasteiger partial charge in [0.1, 0.15) is 4.21 Å². The Morgan fingerprint density at radius 1 is 1.40 bits per heavy atom. The molecule has 1 fully saturated rings. The van der Waals surface area contributed by atoms with Crippen molar-refractivity contribution in [3.05, 3.63) is 29.3 Å². The SMILES string of the molecule is Cc1c(S(=O)(=O)NC2(C)CC2)sc2ccc(C#N)cc12. The summed E-state index contributed by atoms with van der Waals surface area (Å²) in [5.74, 6) is 0. The first-order valence-electron chi connectivity index (χ1n) is 6.32. The third-order valence-electron chi connectivity index (χ3n) is 3.65. The molecule has 1 aromatic carbocycles. The van der Waals surface area contributed by atoms with Crippen LogP contribution in [0.5, 0.6) is 0 Å². The zero-order valence-corrected chi connectivity index (χ0v) is 12.9. The Bertz CT molecular complexity index is 840. The number of hydrogen-bond acceptors (Lipinski definition) is 4. The van der Waals surface area contributed by atoms with E-state index in [4.69, 9.17) is 5.26 Å². The van der Waals surface area contributed by atoms with Gasteiger partial charge in [0.25, 0.3) is 10.0 Å². The van der Waals surface area contributed by atoms with Crippen LogP contribution in [0.2, 0.25) is 0 Å². The maximum absolute atomic E-state index is 12.5. The third kappa shape index (κ3) is 2.22. The average molecular weight is 306 g/mol. The number of aryl methyl sites for hydroxylation is 1. The van der Waals surface area contributed by atoms with Gasteiger partial charge in [-0.3, -0.25) is 0 Å². The van der Waals surface area contributed by atoms with Gasteiger partial charge in [-0.15, -0.1) is 11.3 Å². The molecule has 2 aromatic rings. The van der Waals surface area contributed by atoms with E-state index in [1.165, 1.54) is 11.3 Å². The molecule has 1 N–H and O–H groups in total. The van der Waals surface area contributed by atoms with E-state index in [0.717, 1.165) is 28.5 Å². The van der Waals surface area contributed by atoms with Gasteiger partial charge in [0.15, 0.2) is 0 Å². The molecule has 6 heteroatoms. The molecule has 1 aromatic heterocycles. The summed E-state index contributed by atoms with van der Waals surface area (Å²) < 4.78 is 29.0. The van der Waals surface area contributed by atoms with E-state index < -0.39 is 10.0 Å². The van der Waals surface area contributed by atoms with Crippen molar-refractivity contribution in [1.29, 1.82) is 5.26 Å². The highest BCUT2D eigenvalue weighted by Crippen LogP contribution is 2.39. The van der Waals surface area contributed by atoms with Crippen molar-refractivity contribution in [2.45, 2.75) is 36.4 Å². The van der Waals surface area contributed by atoms with Crippen LogP contribution in [0.1, 0.15) is 30.9 Å². The highest BCUT2D eigenvalue weighted by atomic mass is 32.2. The first-order chi connectivity index (χ1) is 9.35. The van der Waals surface area contributed by atoms with E-state index >= 15 is 0 Å². The molecule has 0 aliphatic heterocycles. The summed E-state index contributed by atoms with van der Waals surface area (Å²) >= 11 is 1.26. The number of rotatable bonds is 3. The molecule has 0 saturated heterocycles. The Kier molecular flexibility index (Phi) is 2.91. The molecule has 0 unspecified atom stereocenters. The molecule has 0 atom stereocenters. The molecule has 0 spiro atoms. The van der Waals surface area contributed by atoms with Crippen LogP contribution < -0.4 is 4.72 Å². The van der Waals surface area contributed by atoms with Crippen molar-refractivity contribution in [2.24, 2.45) is 0 Å². The van der Waals surface area contributed by atoms with Crippen molar-refractivity contribution in [1.82, 2.24) is 4.72 Å². The summed E-state index contributed by atoms with van der Waals surface area (Å²) in [6.07, 6.45) is 1.77. The Balaban J connectivity index is 2.13. The fourth-order valence-corrected chi connectivity index (χ4v) is 5.40. The zero-order chi connectivity index (χ0) is 14.5. The fourth-order valence-electron chi connectivity index (χ4n) is 2.18. The lowest BCUT2D eigenvalue weighted by Crippen LogP contribution is -2.34. The molecule has 1 aliphatic rings. The number of sulfonamides is 1. The second-order valence-corrected chi connectivity index (χ2v) is 8.43. The van der Waals surface area contributed by atoms with E-state index in [0.29, 0.717) is 9.77 Å². The Morgan fingerprint density at radius 2 is 2.10 bits per heavy atom. The van der Waals surface area contributed by atoms with Gasteiger partial charge < -0.3 is 0 Å². The quantitative estimate of drug-likeness (QED) is 0.948. The summed E-state index contributed by atoms with van der Waals surface area (Å²) in [5.41, 5.74) is 0.988. The molecule has 0 radical (unpaired) electrons. The van der Waals surface area contributed by atoms with Gasteiger partial charge in [-0.05, 0) is 55.8 Å². The van der Waals surface area contributed by atoms with Crippen molar-refractivity contribution < 1.29 is 8.42 Å². The largest absolute Gasteiger partial charge is 0.250 e. The van der Waals surface area contributed by atoms with Crippen molar-refractivity contribution in [3.8, 4) is 6.07 Å². The van der Waals surface area contributed by atoms with Crippen LogP contribution in [0.3, 0.4) is 0 Å². The maximum Gasteiger partial charge on any atom is 0.250 e. The molecule has 3 rings (SSSR count). The van der Waals surface area contributed by atoms with E-state index in [9.17, 15) is 8.42 Å².